The zero-order chi connectivity index (χ0) is 13.7. The van der Waals surface area contributed by atoms with E-state index in [0.717, 1.165) is 17.1 Å². The van der Waals surface area contributed by atoms with E-state index in [1.54, 1.807) is 0 Å². The summed E-state index contributed by atoms with van der Waals surface area (Å²) in [6, 6.07) is 8.22. The van der Waals surface area contributed by atoms with Crippen LogP contribution >= 0.6 is 11.6 Å². The summed E-state index contributed by atoms with van der Waals surface area (Å²) < 4.78 is 5.56. The molecular weight excluding hydrogens is 264 g/mol. The third kappa shape index (κ3) is 3.94. The fraction of sp³-hybridized carbons (Fsp3) is 0.385. The van der Waals surface area contributed by atoms with Crippen molar-refractivity contribution in [3.8, 4) is 0 Å². The molecule has 0 aliphatic rings. The van der Waals surface area contributed by atoms with Gasteiger partial charge in [-0.15, -0.1) is 5.10 Å². The second kappa shape index (κ2) is 6.54. The summed E-state index contributed by atoms with van der Waals surface area (Å²) in [6.07, 6.45) is 0. The van der Waals surface area contributed by atoms with E-state index in [0.29, 0.717) is 25.0 Å². The first kappa shape index (κ1) is 13.8. The fourth-order valence-corrected chi connectivity index (χ4v) is 1.89. The summed E-state index contributed by atoms with van der Waals surface area (Å²) in [5.74, 6) is 0.592. The molecule has 5 nitrogen and oxygen atoms in total. The third-order valence-corrected chi connectivity index (χ3v) is 2.85. The van der Waals surface area contributed by atoms with E-state index >= 15 is 0 Å². The van der Waals surface area contributed by atoms with Crippen molar-refractivity contribution in [1.82, 2.24) is 15.5 Å². The van der Waals surface area contributed by atoms with Gasteiger partial charge >= 0.3 is 6.01 Å². The van der Waals surface area contributed by atoms with Crippen molar-refractivity contribution in [2.45, 2.75) is 20.0 Å². The molecule has 1 aromatic carbocycles. The number of rotatable bonds is 6. The first-order chi connectivity index (χ1) is 9.19. The molecule has 0 saturated heterocycles. The van der Waals surface area contributed by atoms with Crippen molar-refractivity contribution in [3.05, 3.63) is 40.7 Å². The topological polar surface area (TPSA) is 54.2 Å². The van der Waals surface area contributed by atoms with E-state index in [4.69, 9.17) is 16.0 Å². The molecule has 0 bridgehead atoms. The molecule has 19 heavy (non-hydrogen) atoms. The van der Waals surface area contributed by atoms with E-state index in [9.17, 15) is 0 Å². The summed E-state index contributed by atoms with van der Waals surface area (Å²) in [5, 5.41) is 11.9. The average Bonchev–Trinajstić information content (AvgIpc) is 2.85. The highest BCUT2D eigenvalue weighted by atomic mass is 35.5. The molecule has 1 N–H and O–H groups in total. The normalized spacial score (nSPS) is 10.7. The molecule has 0 saturated carbocycles. The third-order valence-electron chi connectivity index (χ3n) is 2.62. The molecule has 2 rings (SSSR count). The molecule has 2 aromatic rings. The van der Waals surface area contributed by atoms with Crippen molar-refractivity contribution in [1.29, 1.82) is 0 Å². The van der Waals surface area contributed by atoms with Crippen LogP contribution in [0.1, 0.15) is 18.4 Å². The van der Waals surface area contributed by atoms with E-state index in [1.165, 1.54) is 0 Å². The Hall–Kier alpha value is -1.59. The maximum atomic E-state index is 5.96. The minimum atomic E-state index is 0.507. The standard InChI is InChI=1S/C13H17ClN4O/c1-3-15-8-12-16-17-13(19-12)18(2)9-10-5-4-6-11(14)7-10/h4-7,15H,3,8-9H2,1-2H3. The molecule has 0 amide bonds. The largest absolute Gasteiger partial charge is 0.407 e. The van der Waals surface area contributed by atoms with Gasteiger partial charge in [-0.1, -0.05) is 35.8 Å². The Morgan fingerprint density at radius 1 is 1.37 bits per heavy atom. The lowest BCUT2D eigenvalue weighted by Crippen LogP contribution is -2.16. The number of anilines is 1. The van der Waals surface area contributed by atoms with E-state index in [-0.39, 0.29) is 0 Å². The molecule has 0 atom stereocenters. The predicted molar refractivity (Wildman–Crippen MR) is 75.2 cm³/mol. The smallest absolute Gasteiger partial charge is 0.318 e. The number of nitrogens with one attached hydrogen (secondary N) is 1. The van der Waals surface area contributed by atoms with E-state index in [1.807, 2.05) is 43.1 Å². The molecule has 0 aliphatic carbocycles. The molecule has 0 radical (unpaired) electrons. The second-order valence-electron chi connectivity index (χ2n) is 4.24. The van der Waals surface area contributed by atoms with Gasteiger partial charge in [-0.25, -0.2) is 0 Å². The molecule has 1 aromatic heterocycles. The first-order valence-corrected chi connectivity index (χ1v) is 6.55. The maximum absolute atomic E-state index is 5.96. The van der Waals surface area contributed by atoms with Crippen LogP contribution in [-0.4, -0.2) is 23.8 Å². The number of hydrogen-bond donors (Lipinski definition) is 1. The van der Waals surface area contributed by atoms with Gasteiger partial charge in [0.1, 0.15) is 0 Å². The van der Waals surface area contributed by atoms with Crippen LogP contribution < -0.4 is 10.2 Å². The molecule has 0 aliphatic heterocycles. The zero-order valence-corrected chi connectivity index (χ0v) is 11.8. The number of aromatic nitrogens is 2. The van der Waals surface area contributed by atoms with Gasteiger partial charge in [-0.05, 0) is 24.2 Å². The Labute approximate surface area is 117 Å². The second-order valence-corrected chi connectivity index (χ2v) is 4.68. The van der Waals surface area contributed by atoms with Gasteiger partial charge in [-0.3, -0.25) is 0 Å². The van der Waals surface area contributed by atoms with Gasteiger partial charge < -0.3 is 14.6 Å². The molecular formula is C13H17ClN4O. The van der Waals surface area contributed by atoms with Crippen molar-refractivity contribution in [3.63, 3.8) is 0 Å². The summed E-state index contributed by atoms with van der Waals surface area (Å²) in [5.41, 5.74) is 1.10. The molecule has 6 heteroatoms. The molecule has 0 spiro atoms. The Bertz CT molecular complexity index is 529. The lowest BCUT2D eigenvalue weighted by Gasteiger charge is -2.13. The predicted octanol–water partition coefficient (Wildman–Crippen LogP) is 2.47. The van der Waals surface area contributed by atoms with Crippen molar-refractivity contribution in [2.75, 3.05) is 18.5 Å². The average molecular weight is 281 g/mol. The summed E-state index contributed by atoms with van der Waals surface area (Å²) in [4.78, 5) is 1.90. The van der Waals surface area contributed by atoms with E-state index < -0.39 is 0 Å². The van der Waals surface area contributed by atoms with Crippen LogP contribution in [0.2, 0.25) is 5.02 Å². The van der Waals surface area contributed by atoms with Crippen molar-refractivity contribution >= 4 is 17.6 Å². The van der Waals surface area contributed by atoms with Crippen molar-refractivity contribution in [2.24, 2.45) is 0 Å². The monoisotopic (exact) mass is 280 g/mol. The number of halogens is 1. The van der Waals surface area contributed by atoms with Gasteiger partial charge in [0.25, 0.3) is 0 Å². The Morgan fingerprint density at radius 3 is 2.95 bits per heavy atom. The van der Waals surface area contributed by atoms with Crippen LogP contribution in [0.5, 0.6) is 0 Å². The number of nitrogens with zero attached hydrogens (tertiary/aromatic N) is 3. The quantitative estimate of drug-likeness (QED) is 0.881. The van der Waals surface area contributed by atoms with Crippen LogP contribution in [0, 0.1) is 0 Å². The zero-order valence-electron chi connectivity index (χ0n) is 11.1. The summed E-state index contributed by atoms with van der Waals surface area (Å²) in [6.45, 7) is 4.16. The van der Waals surface area contributed by atoms with E-state index in [2.05, 4.69) is 15.5 Å². The van der Waals surface area contributed by atoms with Crippen LogP contribution in [0.15, 0.2) is 28.7 Å². The number of benzene rings is 1. The fourth-order valence-electron chi connectivity index (χ4n) is 1.68. The number of hydrogen-bond acceptors (Lipinski definition) is 5. The Morgan fingerprint density at radius 2 is 2.21 bits per heavy atom. The summed E-state index contributed by atoms with van der Waals surface area (Å²) in [7, 11) is 1.91. The minimum Gasteiger partial charge on any atom is -0.407 e. The van der Waals surface area contributed by atoms with Crippen LogP contribution in [0.3, 0.4) is 0 Å². The summed E-state index contributed by atoms with van der Waals surface area (Å²) >= 11 is 5.96. The molecule has 0 unspecified atom stereocenters. The van der Waals surface area contributed by atoms with Crippen molar-refractivity contribution < 1.29 is 4.42 Å². The van der Waals surface area contributed by atoms with Crippen LogP contribution in [0.4, 0.5) is 6.01 Å². The maximum Gasteiger partial charge on any atom is 0.318 e. The van der Waals surface area contributed by atoms with Crippen LogP contribution in [-0.2, 0) is 13.1 Å². The lowest BCUT2D eigenvalue weighted by atomic mass is 10.2. The minimum absolute atomic E-state index is 0.507. The van der Waals surface area contributed by atoms with Gasteiger partial charge in [0.15, 0.2) is 0 Å². The SMILES string of the molecule is CCNCc1nnc(N(C)Cc2cccc(Cl)c2)o1. The molecule has 0 fully saturated rings. The highest BCUT2D eigenvalue weighted by Crippen LogP contribution is 2.16. The lowest BCUT2D eigenvalue weighted by molar-refractivity contribution is 0.469. The highest BCUT2D eigenvalue weighted by molar-refractivity contribution is 6.30. The Balaban J connectivity index is 1.99. The molecule has 102 valence electrons. The van der Waals surface area contributed by atoms with Gasteiger partial charge in [0, 0.05) is 18.6 Å². The van der Waals surface area contributed by atoms with Gasteiger partial charge in [0.2, 0.25) is 5.89 Å². The highest BCUT2D eigenvalue weighted by Gasteiger charge is 2.10. The van der Waals surface area contributed by atoms with Gasteiger partial charge in [-0.2, -0.15) is 0 Å². The van der Waals surface area contributed by atoms with Crippen LogP contribution in [0.25, 0.3) is 0 Å². The van der Waals surface area contributed by atoms with Gasteiger partial charge in [0.05, 0.1) is 6.54 Å². The first-order valence-electron chi connectivity index (χ1n) is 6.17. The molecule has 1 heterocycles. The Kier molecular flexibility index (Phi) is 4.76.